The summed E-state index contributed by atoms with van der Waals surface area (Å²) in [5.41, 5.74) is 1.25. The van der Waals surface area contributed by atoms with Gasteiger partial charge in [-0.05, 0) is 54.3 Å². The maximum atomic E-state index is 2.69. The maximum Gasteiger partial charge on any atom is 0.156 e. The Kier molecular flexibility index (Phi) is 3.94. The quantitative estimate of drug-likeness (QED) is 0.367. The van der Waals surface area contributed by atoms with Crippen molar-refractivity contribution < 1.29 is 0 Å². The summed E-state index contributed by atoms with van der Waals surface area (Å²) in [6, 6.07) is 0. The first-order chi connectivity index (χ1) is 11.5. The molecule has 6 aliphatic carbocycles. The van der Waals surface area contributed by atoms with Crippen LogP contribution in [-0.4, -0.2) is 6.71 Å². The first kappa shape index (κ1) is 18.2. The Morgan fingerprint density at radius 2 is 1.08 bits per heavy atom. The monoisotopic (exact) mass is 340 g/mol. The standard InChI is InChI=1S/C24H41B/c1-8-9-10-25(23(6)13-17-11-18(14-23)21(17,2)3)24(7)15-19-12-20(16-24)22(19,4)5/h8-9,17-20H,10-16H2,1-7H3/b9-8+. The Labute approximate surface area is 157 Å². The summed E-state index contributed by atoms with van der Waals surface area (Å²) >= 11 is 0. The van der Waals surface area contributed by atoms with Crippen LogP contribution in [0.25, 0.3) is 0 Å². The Bertz CT molecular complexity index is 497. The van der Waals surface area contributed by atoms with Crippen molar-refractivity contribution in [3.8, 4) is 0 Å². The lowest BCUT2D eigenvalue weighted by molar-refractivity contribution is -0.0928. The zero-order chi connectivity index (χ0) is 18.3. The van der Waals surface area contributed by atoms with Crippen LogP contribution in [0.1, 0.15) is 87.0 Å². The van der Waals surface area contributed by atoms with E-state index in [0.717, 1.165) is 30.4 Å². The van der Waals surface area contributed by atoms with Crippen molar-refractivity contribution in [2.75, 3.05) is 0 Å². The average molecular weight is 340 g/mol. The summed E-state index contributed by atoms with van der Waals surface area (Å²) in [6.07, 6.45) is 15.1. The largest absolute Gasteiger partial charge is 0.156 e. The van der Waals surface area contributed by atoms with E-state index in [1.165, 1.54) is 44.8 Å². The summed E-state index contributed by atoms with van der Waals surface area (Å²) in [5.74, 6) is 3.95. The molecule has 0 radical (unpaired) electrons. The molecule has 4 unspecified atom stereocenters. The molecule has 0 aliphatic heterocycles. The summed E-state index contributed by atoms with van der Waals surface area (Å²) in [6.45, 7) is 18.7. The molecule has 1 heteroatoms. The fourth-order valence-electron chi connectivity index (χ4n) is 8.30. The van der Waals surface area contributed by atoms with Crippen molar-refractivity contribution in [3.63, 3.8) is 0 Å². The molecule has 6 fully saturated rings. The van der Waals surface area contributed by atoms with E-state index in [2.05, 4.69) is 60.6 Å². The highest BCUT2D eigenvalue weighted by molar-refractivity contribution is 6.66. The van der Waals surface area contributed by atoms with Gasteiger partial charge in [-0.1, -0.05) is 96.3 Å². The highest BCUT2D eigenvalue weighted by atomic mass is 14.6. The molecule has 0 spiro atoms. The molecule has 0 N–H and O–H groups in total. The number of hydrogen-bond acceptors (Lipinski definition) is 0. The van der Waals surface area contributed by atoms with Crippen molar-refractivity contribution in [2.45, 2.75) is 104 Å². The molecule has 0 aromatic heterocycles. The van der Waals surface area contributed by atoms with Crippen LogP contribution < -0.4 is 0 Å². The summed E-state index contributed by atoms with van der Waals surface area (Å²) in [5, 5.41) is 1.15. The van der Waals surface area contributed by atoms with Gasteiger partial charge in [0.05, 0.1) is 0 Å². The Hall–Kier alpha value is -0.195. The van der Waals surface area contributed by atoms with Gasteiger partial charge in [0.2, 0.25) is 0 Å². The van der Waals surface area contributed by atoms with Gasteiger partial charge in [-0.2, -0.15) is 0 Å². The summed E-state index contributed by atoms with van der Waals surface area (Å²) in [4.78, 5) is 0. The van der Waals surface area contributed by atoms with E-state index in [1.807, 2.05) is 0 Å². The molecule has 0 nitrogen and oxygen atoms in total. The highest BCUT2D eigenvalue weighted by Gasteiger charge is 2.64. The highest BCUT2D eigenvalue weighted by Crippen LogP contribution is 2.74. The molecule has 0 aromatic carbocycles. The summed E-state index contributed by atoms with van der Waals surface area (Å²) in [7, 11) is 0. The molecule has 6 rings (SSSR count). The molecule has 4 atom stereocenters. The van der Waals surface area contributed by atoms with E-state index in [4.69, 9.17) is 0 Å². The zero-order valence-corrected chi connectivity index (χ0v) is 18.0. The minimum atomic E-state index is 0.575. The van der Waals surface area contributed by atoms with Crippen LogP contribution in [0.2, 0.25) is 16.9 Å². The Morgan fingerprint density at radius 3 is 1.36 bits per heavy atom. The van der Waals surface area contributed by atoms with E-state index in [-0.39, 0.29) is 0 Å². The van der Waals surface area contributed by atoms with Crippen molar-refractivity contribution in [3.05, 3.63) is 12.2 Å². The van der Waals surface area contributed by atoms with Crippen LogP contribution >= 0.6 is 0 Å². The topological polar surface area (TPSA) is 0 Å². The number of hydrogen-bond donors (Lipinski definition) is 0. The number of rotatable bonds is 4. The van der Waals surface area contributed by atoms with Gasteiger partial charge in [-0.3, -0.25) is 0 Å². The van der Waals surface area contributed by atoms with E-state index in [0.29, 0.717) is 21.5 Å². The first-order valence-corrected chi connectivity index (χ1v) is 11.1. The van der Waals surface area contributed by atoms with Crippen molar-refractivity contribution in [1.29, 1.82) is 0 Å². The minimum Gasteiger partial charge on any atom is -0.0960 e. The normalized spacial score (nSPS) is 49.4. The Morgan fingerprint density at radius 1 is 0.720 bits per heavy atom. The maximum absolute atomic E-state index is 2.69. The zero-order valence-electron chi connectivity index (χ0n) is 18.0. The third kappa shape index (κ3) is 2.46. The second-order valence-electron chi connectivity index (χ2n) is 12.4. The van der Waals surface area contributed by atoms with E-state index in [1.54, 1.807) is 0 Å². The molecule has 6 saturated carbocycles. The molecule has 4 bridgehead atoms. The molecule has 0 saturated heterocycles. The van der Waals surface area contributed by atoms with E-state index in [9.17, 15) is 0 Å². The third-order valence-electron chi connectivity index (χ3n) is 10.5. The average Bonchev–Trinajstić information content (AvgIpc) is 2.54. The molecular formula is C24H41B. The fraction of sp³-hybridized carbons (Fsp3) is 0.917. The van der Waals surface area contributed by atoms with E-state index < -0.39 is 0 Å². The van der Waals surface area contributed by atoms with Crippen LogP contribution in [0.3, 0.4) is 0 Å². The van der Waals surface area contributed by atoms with Gasteiger partial charge < -0.3 is 0 Å². The third-order valence-corrected chi connectivity index (χ3v) is 10.5. The lowest BCUT2D eigenvalue weighted by Gasteiger charge is -2.68. The SMILES string of the molecule is C/C=C/CB(C1(C)CC2CC(C1)C2(C)C)C1(C)CC2CC(C1)C2(C)C. The number of allylic oxidation sites excluding steroid dienone is 2. The smallest absolute Gasteiger partial charge is 0.0960 e. The lowest BCUT2D eigenvalue weighted by atomic mass is 9.14. The second-order valence-corrected chi connectivity index (χ2v) is 12.4. The molecule has 6 aliphatic rings. The van der Waals surface area contributed by atoms with Gasteiger partial charge in [-0.15, -0.1) is 0 Å². The van der Waals surface area contributed by atoms with Gasteiger partial charge in [0.15, 0.2) is 6.71 Å². The van der Waals surface area contributed by atoms with Crippen molar-refractivity contribution >= 4 is 6.71 Å². The van der Waals surface area contributed by atoms with Crippen LogP contribution in [0.5, 0.6) is 0 Å². The second kappa shape index (κ2) is 5.42. The van der Waals surface area contributed by atoms with Crippen molar-refractivity contribution in [1.82, 2.24) is 0 Å². The molecular weight excluding hydrogens is 299 g/mol. The van der Waals surface area contributed by atoms with Gasteiger partial charge in [-0.25, -0.2) is 0 Å². The van der Waals surface area contributed by atoms with Crippen LogP contribution in [0.15, 0.2) is 12.2 Å². The van der Waals surface area contributed by atoms with Crippen LogP contribution in [0, 0.1) is 34.5 Å². The fourth-order valence-corrected chi connectivity index (χ4v) is 8.30. The van der Waals surface area contributed by atoms with Gasteiger partial charge in [0.1, 0.15) is 0 Å². The predicted molar refractivity (Wildman–Crippen MR) is 111 cm³/mol. The first-order valence-electron chi connectivity index (χ1n) is 11.1. The van der Waals surface area contributed by atoms with Gasteiger partial charge in [0.25, 0.3) is 0 Å². The van der Waals surface area contributed by atoms with Crippen molar-refractivity contribution in [2.24, 2.45) is 34.5 Å². The van der Waals surface area contributed by atoms with Crippen LogP contribution in [0.4, 0.5) is 0 Å². The van der Waals surface area contributed by atoms with Gasteiger partial charge >= 0.3 is 0 Å². The lowest BCUT2D eigenvalue weighted by Crippen LogP contribution is -2.60. The molecule has 0 aromatic rings. The number of fused-ring (bicyclic) bond motifs is 4. The minimum absolute atomic E-state index is 0.575. The molecule has 0 amide bonds. The van der Waals surface area contributed by atoms with Crippen LogP contribution in [-0.2, 0) is 0 Å². The molecule has 0 heterocycles. The van der Waals surface area contributed by atoms with Gasteiger partial charge in [0, 0.05) is 0 Å². The molecule has 25 heavy (non-hydrogen) atoms. The van der Waals surface area contributed by atoms with E-state index >= 15 is 0 Å². The molecule has 140 valence electrons. The summed E-state index contributed by atoms with van der Waals surface area (Å²) < 4.78 is 0. The Balaban J connectivity index is 1.59. The predicted octanol–water partition coefficient (Wildman–Crippen LogP) is 7.49.